The molecule has 1 saturated carbocycles. The van der Waals surface area contributed by atoms with Crippen LogP contribution in [0.4, 0.5) is 0 Å². The summed E-state index contributed by atoms with van der Waals surface area (Å²) < 4.78 is 2.11. The van der Waals surface area contributed by atoms with E-state index in [1.54, 1.807) is 6.20 Å². The molecule has 19 heavy (non-hydrogen) atoms. The molecule has 2 N–H and O–H groups in total. The lowest BCUT2D eigenvalue weighted by atomic mass is 10.0. The molecule has 0 amide bonds. The number of nitrogens with zero attached hydrogens (tertiary/aromatic N) is 2. The second-order valence-electron chi connectivity index (χ2n) is 5.15. The van der Waals surface area contributed by atoms with E-state index in [1.807, 2.05) is 36.8 Å². The van der Waals surface area contributed by atoms with Crippen LogP contribution in [0.1, 0.15) is 36.2 Å². The van der Waals surface area contributed by atoms with Crippen molar-refractivity contribution in [2.24, 2.45) is 0 Å². The minimum Gasteiger partial charge on any atom is -0.382 e. The molecule has 1 unspecified atom stereocenters. The summed E-state index contributed by atoms with van der Waals surface area (Å²) >= 11 is 0. The van der Waals surface area contributed by atoms with Crippen molar-refractivity contribution in [2.75, 3.05) is 0 Å². The first kappa shape index (κ1) is 10.8. The third kappa shape index (κ3) is 1.68. The number of aromatic nitrogens is 3. The van der Waals surface area contributed by atoms with Crippen molar-refractivity contribution < 1.29 is 5.11 Å². The molecule has 1 aliphatic rings. The number of benzene rings is 1. The number of hydrogen-bond donors (Lipinski definition) is 2. The van der Waals surface area contributed by atoms with Crippen LogP contribution in [0.25, 0.3) is 10.9 Å². The van der Waals surface area contributed by atoms with Crippen LogP contribution in [-0.4, -0.2) is 19.6 Å². The lowest BCUT2D eigenvalue weighted by Crippen LogP contribution is -2.07. The number of aliphatic hydroxyl groups is 1. The predicted molar refractivity (Wildman–Crippen MR) is 72.9 cm³/mol. The van der Waals surface area contributed by atoms with E-state index in [0.717, 1.165) is 22.2 Å². The van der Waals surface area contributed by atoms with Gasteiger partial charge in [-0.3, -0.25) is 0 Å². The van der Waals surface area contributed by atoms with Crippen LogP contribution in [0, 0.1) is 0 Å². The van der Waals surface area contributed by atoms with Gasteiger partial charge >= 0.3 is 0 Å². The van der Waals surface area contributed by atoms with E-state index in [0.29, 0.717) is 6.04 Å². The van der Waals surface area contributed by atoms with E-state index in [1.165, 1.54) is 12.8 Å². The molecular weight excluding hydrogens is 238 g/mol. The molecule has 1 fully saturated rings. The molecule has 1 aliphatic carbocycles. The van der Waals surface area contributed by atoms with Gasteiger partial charge in [-0.1, -0.05) is 12.1 Å². The summed E-state index contributed by atoms with van der Waals surface area (Å²) in [5, 5.41) is 11.7. The third-order valence-electron chi connectivity index (χ3n) is 3.84. The van der Waals surface area contributed by atoms with Crippen molar-refractivity contribution in [3.8, 4) is 0 Å². The van der Waals surface area contributed by atoms with Crippen LogP contribution in [0.3, 0.4) is 0 Å². The molecule has 0 spiro atoms. The van der Waals surface area contributed by atoms with Crippen molar-refractivity contribution in [3.05, 3.63) is 54.2 Å². The highest BCUT2D eigenvalue weighted by molar-refractivity contribution is 5.83. The zero-order valence-electron chi connectivity index (χ0n) is 10.5. The van der Waals surface area contributed by atoms with E-state index in [-0.39, 0.29) is 0 Å². The van der Waals surface area contributed by atoms with Crippen LogP contribution in [-0.2, 0) is 0 Å². The molecule has 0 radical (unpaired) electrons. The molecule has 0 aliphatic heterocycles. The maximum atomic E-state index is 10.7. The Bertz CT molecular complexity index is 724. The Kier molecular flexibility index (Phi) is 2.26. The average molecular weight is 253 g/mol. The molecule has 4 rings (SSSR count). The smallest absolute Gasteiger partial charge is 0.121 e. The van der Waals surface area contributed by atoms with Crippen LogP contribution in [0.2, 0.25) is 0 Å². The molecular formula is C15H15N3O. The molecule has 4 heteroatoms. The number of aromatic amines is 1. The van der Waals surface area contributed by atoms with Crippen LogP contribution < -0.4 is 0 Å². The first-order valence-electron chi connectivity index (χ1n) is 6.60. The topological polar surface area (TPSA) is 53.8 Å². The van der Waals surface area contributed by atoms with Gasteiger partial charge in [0.15, 0.2) is 0 Å². The minimum absolute atomic E-state index is 0.526. The molecule has 0 bridgehead atoms. The first-order valence-corrected chi connectivity index (χ1v) is 6.60. The summed E-state index contributed by atoms with van der Waals surface area (Å²) in [6.07, 6.45) is 7.25. The first-order chi connectivity index (χ1) is 9.34. The van der Waals surface area contributed by atoms with Crippen molar-refractivity contribution in [3.63, 3.8) is 0 Å². The number of aliphatic hydroxyl groups excluding tert-OH is 1. The summed E-state index contributed by atoms with van der Waals surface area (Å²) in [5.41, 5.74) is 2.87. The van der Waals surface area contributed by atoms with Crippen LogP contribution in [0.15, 0.2) is 43.0 Å². The molecule has 1 aromatic carbocycles. The number of nitrogens with one attached hydrogen (secondary N) is 1. The zero-order valence-corrected chi connectivity index (χ0v) is 10.5. The Balaban J connectivity index is 1.82. The largest absolute Gasteiger partial charge is 0.382 e. The molecule has 3 aromatic rings. The predicted octanol–water partition coefficient (Wildman–Crippen LogP) is 2.78. The van der Waals surface area contributed by atoms with Crippen LogP contribution >= 0.6 is 0 Å². The zero-order chi connectivity index (χ0) is 12.8. The highest BCUT2D eigenvalue weighted by Gasteiger charge is 2.28. The van der Waals surface area contributed by atoms with E-state index < -0.39 is 6.10 Å². The maximum absolute atomic E-state index is 10.7. The van der Waals surface area contributed by atoms with Gasteiger partial charge in [0.25, 0.3) is 0 Å². The summed E-state index contributed by atoms with van der Waals surface area (Å²) in [6.45, 7) is 0. The van der Waals surface area contributed by atoms with Gasteiger partial charge in [0.1, 0.15) is 6.10 Å². The fourth-order valence-corrected chi connectivity index (χ4v) is 2.69. The molecule has 1 atom stereocenters. The quantitative estimate of drug-likeness (QED) is 0.754. The second kappa shape index (κ2) is 3.96. The number of imidazole rings is 1. The van der Waals surface area contributed by atoms with E-state index in [4.69, 9.17) is 0 Å². The van der Waals surface area contributed by atoms with Gasteiger partial charge in [-0.15, -0.1) is 0 Å². The SMILES string of the molecule is OC(c1cccc2[nH]ccc12)c1cncn1C1CC1. The number of H-pyrrole nitrogens is 1. The third-order valence-corrected chi connectivity index (χ3v) is 3.84. The standard InChI is InChI=1S/C15H15N3O/c19-15(14-8-16-9-18(14)10-4-5-10)12-2-1-3-13-11(12)6-7-17-13/h1-3,6-10,15,17,19H,4-5H2. The van der Waals surface area contributed by atoms with Crippen molar-refractivity contribution in [1.82, 2.24) is 14.5 Å². The second-order valence-corrected chi connectivity index (χ2v) is 5.15. The van der Waals surface area contributed by atoms with Gasteiger partial charge < -0.3 is 14.7 Å². The minimum atomic E-state index is -0.623. The van der Waals surface area contributed by atoms with Gasteiger partial charge in [0.2, 0.25) is 0 Å². The van der Waals surface area contributed by atoms with Crippen molar-refractivity contribution >= 4 is 10.9 Å². The molecule has 96 valence electrons. The van der Waals surface area contributed by atoms with E-state index in [9.17, 15) is 5.11 Å². The monoisotopic (exact) mass is 253 g/mol. The van der Waals surface area contributed by atoms with Gasteiger partial charge in [0.05, 0.1) is 18.2 Å². The number of fused-ring (bicyclic) bond motifs is 1. The van der Waals surface area contributed by atoms with Gasteiger partial charge in [-0.05, 0) is 30.5 Å². The summed E-state index contributed by atoms with van der Waals surface area (Å²) in [5.74, 6) is 0. The van der Waals surface area contributed by atoms with Crippen LogP contribution in [0.5, 0.6) is 0 Å². The molecule has 2 aromatic heterocycles. The number of hydrogen-bond acceptors (Lipinski definition) is 2. The normalized spacial score (nSPS) is 16.9. The summed E-state index contributed by atoms with van der Waals surface area (Å²) in [4.78, 5) is 7.37. The highest BCUT2D eigenvalue weighted by Crippen LogP contribution is 2.38. The average Bonchev–Trinajstić information content (AvgIpc) is 2.98. The van der Waals surface area contributed by atoms with Crippen molar-refractivity contribution in [1.29, 1.82) is 0 Å². The Labute approximate surface area is 110 Å². The Hall–Kier alpha value is -2.07. The Morgan fingerprint density at radius 3 is 3.05 bits per heavy atom. The lowest BCUT2D eigenvalue weighted by Gasteiger charge is -2.14. The van der Waals surface area contributed by atoms with E-state index >= 15 is 0 Å². The summed E-state index contributed by atoms with van der Waals surface area (Å²) in [6, 6.07) is 8.49. The summed E-state index contributed by atoms with van der Waals surface area (Å²) in [7, 11) is 0. The molecule has 4 nitrogen and oxygen atoms in total. The number of rotatable bonds is 3. The Morgan fingerprint density at radius 1 is 1.32 bits per heavy atom. The lowest BCUT2D eigenvalue weighted by molar-refractivity contribution is 0.211. The van der Waals surface area contributed by atoms with Crippen molar-refractivity contribution in [2.45, 2.75) is 25.0 Å². The molecule has 2 heterocycles. The fourth-order valence-electron chi connectivity index (χ4n) is 2.69. The fraction of sp³-hybridized carbons (Fsp3) is 0.267. The van der Waals surface area contributed by atoms with Gasteiger partial charge in [-0.25, -0.2) is 4.98 Å². The van der Waals surface area contributed by atoms with E-state index in [2.05, 4.69) is 14.5 Å². The van der Waals surface area contributed by atoms with Gasteiger partial charge in [-0.2, -0.15) is 0 Å². The maximum Gasteiger partial charge on any atom is 0.121 e. The Morgan fingerprint density at radius 2 is 2.21 bits per heavy atom. The highest BCUT2D eigenvalue weighted by atomic mass is 16.3. The van der Waals surface area contributed by atoms with Gasteiger partial charge in [0, 0.05) is 23.1 Å². The molecule has 0 saturated heterocycles.